The fourth-order valence-electron chi connectivity index (χ4n) is 5.53. The lowest BCUT2D eigenvalue weighted by Gasteiger charge is -2.28. The van der Waals surface area contributed by atoms with Gasteiger partial charge in [-0.2, -0.15) is 0 Å². The van der Waals surface area contributed by atoms with E-state index in [0.29, 0.717) is 54.7 Å². The van der Waals surface area contributed by atoms with Gasteiger partial charge in [0.25, 0.3) is 11.8 Å². The van der Waals surface area contributed by atoms with Crippen LogP contribution in [0.3, 0.4) is 0 Å². The van der Waals surface area contributed by atoms with Crippen molar-refractivity contribution >= 4 is 41.8 Å². The zero-order valence-electron chi connectivity index (χ0n) is 26.8. The number of rotatable bonds is 22. The third-order valence-corrected chi connectivity index (χ3v) is 9.97. The number of hydrogen-bond donors (Lipinski definition) is 2. The lowest BCUT2D eigenvalue weighted by Crippen LogP contribution is -2.41. The van der Waals surface area contributed by atoms with E-state index in [2.05, 4.69) is 17.2 Å². The van der Waals surface area contributed by atoms with Crippen molar-refractivity contribution in [3.63, 3.8) is 0 Å². The Morgan fingerprint density at radius 3 is 2.02 bits per heavy atom. The monoisotopic (exact) mass is 627 g/mol. The van der Waals surface area contributed by atoms with Gasteiger partial charge >= 0.3 is 7.60 Å². The molecule has 2 N–H and O–H groups in total. The Bertz CT molecular complexity index is 1310. The molecule has 1 aliphatic rings. The van der Waals surface area contributed by atoms with Gasteiger partial charge < -0.3 is 19.7 Å². The van der Waals surface area contributed by atoms with E-state index in [1.54, 1.807) is 26.8 Å². The number of anilines is 1. The van der Waals surface area contributed by atoms with Crippen LogP contribution in [0.2, 0.25) is 0 Å². The van der Waals surface area contributed by atoms with Crippen molar-refractivity contribution < 1.29 is 28.0 Å². The van der Waals surface area contributed by atoms with Crippen LogP contribution < -0.4 is 10.6 Å². The van der Waals surface area contributed by atoms with Gasteiger partial charge in [-0.15, -0.1) is 0 Å². The highest BCUT2D eigenvalue weighted by Crippen LogP contribution is 2.48. The second kappa shape index (κ2) is 18.1. The first kappa shape index (κ1) is 35.5. The summed E-state index contributed by atoms with van der Waals surface area (Å²) in [5.74, 6) is -0.645. The van der Waals surface area contributed by atoms with Crippen LogP contribution in [-0.4, -0.2) is 61.6 Å². The summed E-state index contributed by atoms with van der Waals surface area (Å²) < 4.78 is 23.4. The second-order valence-corrected chi connectivity index (χ2v) is 13.5. The first-order valence-corrected chi connectivity index (χ1v) is 17.9. The van der Waals surface area contributed by atoms with E-state index in [4.69, 9.17) is 9.05 Å². The lowest BCUT2D eigenvalue weighted by atomic mass is 9.93. The summed E-state index contributed by atoms with van der Waals surface area (Å²) in [5.41, 5.74) is 2.55. The van der Waals surface area contributed by atoms with Crippen molar-refractivity contribution in [3.05, 3.63) is 53.6 Å². The standard InChI is InChI=1S/C34H50N3O6P/c1-5-42-44(41,43-6-2)25-16-15-24-37-33(39)28-19-17-18-27-30(21-20-29(31(27)28)34(37)40)35-22-13-11-9-7-8-10-12-14-23-36-32(38)26(3)4/h17-21,35H,3,5-16,22-25H2,1-2,4H3,(H,36,38). The van der Waals surface area contributed by atoms with E-state index in [0.717, 1.165) is 43.3 Å². The Morgan fingerprint density at radius 1 is 0.818 bits per heavy atom. The van der Waals surface area contributed by atoms with Crippen molar-refractivity contribution in [1.29, 1.82) is 0 Å². The van der Waals surface area contributed by atoms with E-state index < -0.39 is 7.60 Å². The molecule has 10 heteroatoms. The molecule has 0 saturated carbocycles. The fourth-order valence-corrected chi connectivity index (χ4v) is 7.26. The van der Waals surface area contributed by atoms with Gasteiger partial charge in [-0.1, -0.05) is 57.2 Å². The maximum Gasteiger partial charge on any atom is 0.330 e. The predicted octanol–water partition coefficient (Wildman–Crippen LogP) is 7.71. The molecular weight excluding hydrogens is 577 g/mol. The molecule has 2 aromatic rings. The minimum absolute atomic E-state index is 0.0612. The van der Waals surface area contributed by atoms with Crippen LogP contribution >= 0.6 is 7.60 Å². The van der Waals surface area contributed by atoms with Crippen molar-refractivity contribution in [2.24, 2.45) is 0 Å². The topological polar surface area (TPSA) is 114 Å². The Morgan fingerprint density at radius 2 is 1.41 bits per heavy atom. The highest BCUT2D eigenvalue weighted by molar-refractivity contribution is 7.53. The summed E-state index contributed by atoms with van der Waals surface area (Å²) in [6, 6.07) is 9.37. The Balaban J connectivity index is 1.44. The highest BCUT2D eigenvalue weighted by Gasteiger charge is 2.33. The number of amides is 3. The number of nitrogens with zero attached hydrogens (tertiary/aromatic N) is 1. The van der Waals surface area contributed by atoms with Crippen molar-refractivity contribution in [1.82, 2.24) is 10.2 Å². The molecule has 0 fully saturated rings. The Labute approximate surface area is 262 Å². The van der Waals surface area contributed by atoms with Gasteiger partial charge in [0, 0.05) is 52.8 Å². The van der Waals surface area contributed by atoms with Gasteiger partial charge in [-0.05, 0) is 64.7 Å². The van der Waals surface area contributed by atoms with E-state index in [9.17, 15) is 18.9 Å². The highest BCUT2D eigenvalue weighted by atomic mass is 31.2. The molecular formula is C34H50N3O6P. The quantitative estimate of drug-likeness (QED) is 0.0595. The van der Waals surface area contributed by atoms with Crippen LogP contribution in [0.4, 0.5) is 5.69 Å². The van der Waals surface area contributed by atoms with Gasteiger partial charge in [-0.25, -0.2) is 0 Å². The maximum atomic E-state index is 13.4. The smallest absolute Gasteiger partial charge is 0.330 e. The molecule has 0 aliphatic carbocycles. The lowest BCUT2D eigenvalue weighted by molar-refractivity contribution is -0.117. The van der Waals surface area contributed by atoms with E-state index in [1.165, 1.54) is 30.6 Å². The molecule has 0 radical (unpaired) electrons. The molecule has 0 bridgehead atoms. The van der Waals surface area contributed by atoms with E-state index in [1.807, 2.05) is 24.3 Å². The number of hydrogen-bond acceptors (Lipinski definition) is 7. The van der Waals surface area contributed by atoms with Crippen molar-refractivity contribution in [2.75, 3.05) is 44.3 Å². The zero-order valence-corrected chi connectivity index (χ0v) is 27.6. The predicted molar refractivity (Wildman–Crippen MR) is 178 cm³/mol. The molecule has 2 aromatic carbocycles. The van der Waals surface area contributed by atoms with E-state index >= 15 is 0 Å². The summed E-state index contributed by atoms with van der Waals surface area (Å²) in [4.78, 5) is 39.6. The normalized spacial score (nSPS) is 13.0. The summed E-state index contributed by atoms with van der Waals surface area (Å²) in [5, 5.41) is 7.99. The second-order valence-electron chi connectivity index (χ2n) is 11.3. The third-order valence-electron chi connectivity index (χ3n) is 7.80. The molecule has 3 amide bonds. The molecule has 0 saturated heterocycles. The van der Waals surface area contributed by atoms with Crippen LogP contribution in [0.25, 0.3) is 10.8 Å². The van der Waals surface area contributed by atoms with Crippen LogP contribution in [-0.2, 0) is 18.4 Å². The maximum absolute atomic E-state index is 13.4. The number of imide groups is 1. The fraction of sp³-hybridized carbons (Fsp3) is 0.559. The molecule has 1 heterocycles. The number of carbonyl (C=O) groups excluding carboxylic acids is 3. The summed E-state index contributed by atoms with van der Waals surface area (Å²) in [6.07, 6.45) is 10.4. The van der Waals surface area contributed by atoms with Gasteiger partial charge in [0.2, 0.25) is 5.91 Å². The van der Waals surface area contributed by atoms with Gasteiger partial charge in [0.1, 0.15) is 0 Å². The molecule has 0 aromatic heterocycles. The molecule has 1 aliphatic heterocycles. The van der Waals surface area contributed by atoms with Crippen LogP contribution in [0.1, 0.15) is 106 Å². The Hall–Kier alpha value is -3.00. The number of carbonyl (C=O) groups is 3. The van der Waals surface area contributed by atoms with Crippen LogP contribution in [0, 0.1) is 0 Å². The molecule has 0 unspecified atom stereocenters. The average Bonchev–Trinajstić information content (AvgIpc) is 3.00. The molecule has 242 valence electrons. The minimum atomic E-state index is -3.15. The van der Waals surface area contributed by atoms with Gasteiger partial charge in [0.15, 0.2) is 0 Å². The molecule has 9 nitrogen and oxygen atoms in total. The first-order chi connectivity index (χ1) is 21.2. The summed E-state index contributed by atoms with van der Waals surface area (Å²) in [6.45, 7) is 11.3. The summed E-state index contributed by atoms with van der Waals surface area (Å²) >= 11 is 0. The number of benzene rings is 2. The summed E-state index contributed by atoms with van der Waals surface area (Å²) in [7, 11) is -3.15. The first-order valence-electron chi connectivity index (χ1n) is 16.2. The molecule has 3 rings (SSSR count). The molecule has 44 heavy (non-hydrogen) atoms. The Kier molecular flexibility index (Phi) is 14.6. The largest absolute Gasteiger partial charge is 0.385 e. The van der Waals surface area contributed by atoms with Crippen molar-refractivity contribution in [2.45, 2.75) is 85.0 Å². The van der Waals surface area contributed by atoms with Gasteiger partial charge in [0.05, 0.1) is 19.4 Å². The van der Waals surface area contributed by atoms with Crippen molar-refractivity contribution in [3.8, 4) is 0 Å². The van der Waals surface area contributed by atoms with Crippen LogP contribution in [0.5, 0.6) is 0 Å². The number of unbranched alkanes of at least 4 members (excludes halogenated alkanes) is 8. The molecule has 0 spiro atoms. The number of nitrogens with one attached hydrogen (secondary N) is 2. The van der Waals surface area contributed by atoms with E-state index in [-0.39, 0.29) is 30.4 Å². The SMILES string of the molecule is C=C(C)C(=O)NCCCCCCCCCCNc1ccc2c3c(cccc13)C(=O)N(CCCCP(=O)(OCC)OCC)C2=O. The average molecular weight is 628 g/mol. The van der Waals surface area contributed by atoms with Gasteiger partial charge in [-0.3, -0.25) is 23.8 Å². The van der Waals surface area contributed by atoms with Crippen LogP contribution in [0.15, 0.2) is 42.5 Å². The minimum Gasteiger partial charge on any atom is -0.385 e. The molecule has 0 atom stereocenters. The zero-order chi connectivity index (χ0) is 32.0. The third kappa shape index (κ3) is 10.0.